The predicted molar refractivity (Wildman–Crippen MR) is 156 cm³/mol. The molecule has 42 heavy (non-hydrogen) atoms. The van der Waals surface area contributed by atoms with Crippen molar-refractivity contribution in [1.82, 2.24) is 34.8 Å². The Bertz CT molecular complexity index is 1570. The van der Waals surface area contributed by atoms with Gasteiger partial charge in [0.05, 0.1) is 54.6 Å². The number of likely N-dealkylation sites (tertiary alicyclic amines) is 1. The lowest BCUT2D eigenvalue weighted by Gasteiger charge is -2.30. The van der Waals surface area contributed by atoms with Gasteiger partial charge in [0.25, 0.3) is 0 Å². The molecule has 5 rings (SSSR count). The average molecular weight is 568 g/mol. The molecule has 0 aliphatic carbocycles. The van der Waals surface area contributed by atoms with Crippen molar-refractivity contribution in [3.8, 4) is 28.7 Å². The summed E-state index contributed by atoms with van der Waals surface area (Å²) >= 11 is 0. The Kier molecular flexibility index (Phi) is 9.11. The van der Waals surface area contributed by atoms with Crippen molar-refractivity contribution in [2.75, 3.05) is 38.7 Å². The number of aromatic nitrogens is 6. The van der Waals surface area contributed by atoms with Crippen molar-refractivity contribution in [3.05, 3.63) is 71.7 Å². The second-order valence-corrected chi connectivity index (χ2v) is 10.5. The monoisotopic (exact) mass is 567 g/mol. The molecular formula is C30H33N9O3. The number of pyridine rings is 1. The summed E-state index contributed by atoms with van der Waals surface area (Å²) in [5.41, 5.74) is 5.05. The fourth-order valence-electron chi connectivity index (χ4n) is 5.10. The Hall–Kier alpha value is -4.73. The minimum absolute atomic E-state index is 0.0259. The van der Waals surface area contributed by atoms with Gasteiger partial charge in [-0.05, 0) is 63.2 Å². The van der Waals surface area contributed by atoms with Crippen molar-refractivity contribution in [2.24, 2.45) is 0 Å². The van der Waals surface area contributed by atoms with Gasteiger partial charge in [-0.3, -0.25) is 14.7 Å². The van der Waals surface area contributed by atoms with Gasteiger partial charge in [0.15, 0.2) is 0 Å². The van der Waals surface area contributed by atoms with E-state index in [0.717, 1.165) is 42.9 Å². The Morgan fingerprint density at radius 1 is 1.12 bits per heavy atom. The van der Waals surface area contributed by atoms with Gasteiger partial charge in [-0.2, -0.15) is 5.26 Å². The summed E-state index contributed by atoms with van der Waals surface area (Å²) in [5.74, 6) is -0.0697. The molecule has 2 N–H and O–H groups in total. The Balaban J connectivity index is 1.35. The molecule has 0 amide bonds. The second-order valence-electron chi connectivity index (χ2n) is 10.5. The molecule has 216 valence electrons. The average Bonchev–Trinajstić information content (AvgIpc) is 3.46. The zero-order valence-electron chi connectivity index (χ0n) is 23.6. The highest BCUT2D eigenvalue weighted by Crippen LogP contribution is 2.28. The number of benzene rings is 1. The molecule has 1 aromatic carbocycles. The van der Waals surface area contributed by atoms with E-state index in [0.29, 0.717) is 47.7 Å². The van der Waals surface area contributed by atoms with Gasteiger partial charge in [0.1, 0.15) is 5.69 Å². The van der Waals surface area contributed by atoms with Crippen LogP contribution in [0, 0.1) is 11.3 Å². The highest BCUT2D eigenvalue weighted by molar-refractivity contribution is 5.69. The number of methoxy groups -OCH3 is 1. The molecule has 4 aromatic rings. The maximum absolute atomic E-state index is 11.0. The van der Waals surface area contributed by atoms with Crippen LogP contribution in [-0.4, -0.2) is 85.3 Å². The number of anilines is 1. The van der Waals surface area contributed by atoms with E-state index in [2.05, 4.69) is 26.7 Å². The molecule has 0 spiro atoms. The van der Waals surface area contributed by atoms with Gasteiger partial charge in [0.2, 0.25) is 5.95 Å². The van der Waals surface area contributed by atoms with E-state index >= 15 is 0 Å². The first-order valence-electron chi connectivity index (χ1n) is 13.9. The third-order valence-corrected chi connectivity index (χ3v) is 7.12. The first kappa shape index (κ1) is 28.8. The Labute approximate surface area is 244 Å². The molecule has 0 radical (unpaired) electrons. The number of carbonyl (C=O) groups is 1. The molecule has 1 aliphatic heterocycles. The van der Waals surface area contributed by atoms with Gasteiger partial charge in [-0.25, -0.2) is 14.6 Å². The van der Waals surface area contributed by atoms with Crippen LogP contribution in [0.5, 0.6) is 0 Å². The first-order valence-corrected chi connectivity index (χ1v) is 13.9. The van der Waals surface area contributed by atoms with E-state index in [1.54, 1.807) is 23.9 Å². The van der Waals surface area contributed by atoms with Crippen molar-refractivity contribution in [3.63, 3.8) is 0 Å². The summed E-state index contributed by atoms with van der Waals surface area (Å²) < 4.78 is 6.98. The highest BCUT2D eigenvalue weighted by Gasteiger charge is 2.23. The fraction of sp³-hybridized carbons (Fsp3) is 0.367. The predicted octanol–water partition coefficient (Wildman–Crippen LogP) is 3.43. The van der Waals surface area contributed by atoms with E-state index in [1.807, 2.05) is 54.4 Å². The number of carboxylic acid groups (broad SMARTS) is 1. The molecule has 12 heteroatoms. The molecule has 0 unspecified atom stereocenters. The first-order chi connectivity index (χ1) is 20.4. The van der Waals surface area contributed by atoms with E-state index in [4.69, 9.17) is 19.8 Å². The number of piperidine rings is 1. The molecule has 1 saturated heterocycles. The molecule has 0 bridgehead atoms. The number of aliphatic carboxylic acids is 1. The van der Waals surface area contributed by atoms with E-state index in [-0.39, 0.29) is 12.6 Å². The van der Waals surface area contributed by atoms with Gasteiger partial charge in [-0.15, -0.1) is 5.10 Å². The van der Waals surface area contributed by atoms with Crippen LogP contribution in [-0.2, 0) is 16.1 Å². The van der Waals surface area contributed by atoms with E-state index in [9.17, 15) is 10.1 Å². The molecule has 1 fully saturated rings. The van der Waals surface area contributed by atoms with E-state index in [1.165, 1.54) is 0 Å². The minimum Gasteiger partial charge on any atom is -0.480 e. The van der Waals surface area contributed by atoms with Crippen LogP contribution in [0.2, 0.25) is 0 Å². The quantitative estimate of drug-likeness (QED) is 0.274. The van der Waals surface area contributed by atoms with E-state index < -0.39 is 5.97 Å². The van der Waals surface area contributed by atoms with Crippen molar-refractivity contribution >= 4 is 11.9 Å². The molecule has 12 nitrogen and oxygen atoms in total. The largest absolute Gasteiger partial charge is 0.480 e. The standard InChI is InChI=1S/C30H33N9O3/c1-20(19-42-2)32-30-34-26(23-6-3-5-21(13-23)15-31)14-27(35-30)28-17-39(37-36-28)16-24-7-4-8-25(33-24)22-9-11-38(12-10-22)18-29(40)41/h3-8,13-14,17,20,22H,9-12,16,18-19H2,1-2H3,(H,40,41)(H,32,34,35)/t20-/m1/s1. The molecular weight excluding hydrogens is 534 g/mol. The second kappa shape index (κ2) is 13.3. The van der Waals surface area contributed by atoms with Crippen LogP contribution in [0.15, 0.2) is 54.7 Å². The van der Waals surface area contributed by atoms with Crippen molar-refractivity contribution in [2.45, 2.75) is 38.3 Å². The van der Waals surface area contributed by atoms with Gasteiger partial charge in [-0.1, -0.05) is 23.4 Å². The van der Waals surface area contributed by atoms with Crippen LogP contribution in [0.4, 0.5) is 5.95 Å². The van der Waals surface area contributed by atoms with Gasteiger partial charge < -0.3 is 15.2 Å². The number of nitriles is 1. The third kappa shape index (κ3) is 7.31. The smallest absolute Gasteiger partial charge is 0.317 e. The van der Waals surface area contributed by atoms with Gasteiger partial charge >= 0.3 is 5.97 Å². The maximum Gasteiger partial charge on any atom is 0.317 e. The molecule has 0 saturated carbocycles. The minimum atomic E-state index is -0.791. The number of hydrogen-bond acceptors (Lipinski definition) is 10. The lowest BCUT2D eigenvalue weighted by Crippen LogP contribution is -2.36. The van der Waals surface area contributed by atoms with Crippen LogP contribution >= 0.6 is 0 Å². The molecule has 3 aromatic heterocycles. The summed E-state index contributed by atoms with van der Waals surface area (Å²) in [7, 11) is 1.64. The van der Waals surface area contributed by atoms with Crippen LogP contribution in [0.1, 0.15) is 42.6 Å². The number of nitrogens with one attached hydrogen (secondary N) is 1. The summed E-state index contributed by atoms with van der Waals surface area (Å²) in [6.45, 7) is 4.48. The molecule has 1 aliphatic rings. The topological polar surface area (TPSA) is 155 Å². The highest BCUT2D eigenvalue weighted by atomic mass is 16.5. The normalized spacial score (nSPS) is 14.8. The number of ether oxygens (including phenoxy) is 1. The van der Waals surface area contributed by atoms with Crippen LogP contribution < -0.4 is 5.32 Å². The molecule has 1 atom stereocenters. The number of rotatable bonds is 11. The van der Waals surface area contributed by atoms with Crippen molar-refractivity contribution in [1.29, 1.82) is 5.26 Å². The number of nitrogens with zero attached hydrogens (tertiary/aromatic N) is 8. The zero-order valence-corrected chi connectivity index (χ0v) is 23.6. The summed E-state index contributed by atoms with van der Waals surface area (Å²) in [6, 6.07) is 17.3. The SMILES string of the molecule is COC[C@@H](C)Nc1nc(-c2cccc(C#N)c2)cc(-c2cn(Cc3cccc(C4CCN(CC(=O)O)CC4)n3)nn2)n1. The van der Waals surface area contributed by atoms with Crippen LogP contribution in [0.3, 0.4) is 0 Å². The Morgan fingerprint density at radius 3 is 2.67 bits per heavy atom. The maximum atomic E-state index is 11.0. The molecule has 4 heterocycles. The van der Waals surface area contributed by atoms with Gasteiger partial charge in [0, 0.05) is 30.3 Å². The lowest BCUT2D eigenvalue weighted by molar-refractivity contribution is -0.138. The fourth-order valence-corrected chi connectivity index (χ4v) is 5.10. The number of carboxylic acids is 1. The summed E-state index contributed by atoms with van der Waals surface area (Å²) in [6.07, 6.45) is 3.59. The zero-order chi connectivity index (χ0) is 29.5. The van der Waals surface area contributed by atoms with Crippen LogP contribution in [0.25, 0.3) is 22.6 Å². The Morgan fingerprint density at radius 2 is 1.90 bits per heavy atom. The summed E-state index contributed by atoms with van der Waals surface area (Å²) in [4.78, 5) is 27.3. The third-order valence-electron chi connectivity index (χ3n) is 7.12. The lowest BCUT2D eigenvalue weighted by atomic mass is 9.93. The summed E-state index contributed by atoms with van der Waals surface area (Å²) in [5, 5.41) is 30.4. The van der Waals surface area contributed by atoms with Crippen molar-refractivity contribution < 1.29 is 14.6 Å². The number of hydrogen-bond donors (Lipinski definition) is 2.